The summed E-state index contributed by atoms with van der Waals surface area (Å²) in [4.78, 5) is 11.7. The van der Waals surface area contributed by atoms with E-state index in [0.717, 1.165) is 24.2 Å². The molecular formula is C17H25N5O2. The third-order valence-electron chi connectivity index (χ3n) is 3.48. The quantitative estimate of drug-likeness (QED) is 0.642. The minimum Gasteiger partial charge on any atom is -0.384 e. The summed E-state index contributed by atoms with van der Waals surface area (Å²) in [5.41, 5.74) is 7.86. The standard InChI is InChI=1S/C17H25N5O2/c1-13(12-24-2)20-17(23)19-10-6-7-14-11-16(18)22(21-14)15-8-4-3-5-9-15/h3-5,8-9,11,13H,6-7,10,12,18H2,1-2H3,(H2,19,20,23)/t13-/m1/s1. The zero-order valence-electron chi connectivity index (χ0n) is 14.2. The number of urea groups is 1. The molecule has 1 aromatic heterocycles. The van der Waals surface area contributed by atoms with E-state index in [2.05, 4.69) is 15.7 Å². The second kappa shape index (κ2) is 8.93. The van der Waals surface area contributed by atoms with E-state index in [1.165, 1.54) is 0 Å². The van der Waals surface area contributed by atoms with Crippen LogP contribution in [0.25, 0.3) is 5.69 Å². The van der Waals surface area contributed by atoms with E-state index >= 15 is 0 Å². The normalized spacial score (nSPS) is 11.9. The number of rotatable bonds is 8. The van der Waals surface area contributed by atoms with Crippen LogP contribution in [0.3, 0.4) is 0 Å². The number of carbonyl (C=O) groups is 1. The van der Waals surface area contributed by atoms with Crippen LogP contribution < -0.4 is 16.4 Å². The molecule has 0 radical (unpaired) electrons. The Morgan fingerprint density at radius 3 is 2.83 bits per heavy atom. The molecule has 4 N–H and O–H groups in total. The maximum Gasteiger partial charge on any atom is 0.315 e. The van der Waals surface area contributed by atoms with Gasteiger partial charge in [0.25, 0.3) is 0 Å². The maximum absolute atomic E-state index is 11.7. The lowest BCUT2D eigenvalue weighted by Gasteiger charge is -2.13. The minimum atomic E-state index is -0.186. The molecule has 7 heteroatoms. The van der Waals surface area contributed by atoms with Crippen molar-refractivity contribution in [1.29, 1.82) is 0 Å². The van der Waals surface area contributed by atoms with Crippen molar-refractivity contribution in [3.8, 4) is 5.69 Å². The number of hydrogen-bond donors (Lipinski definition) is 3. The van der Waals surface area contributed by atoms with E-state index in [9.17, 15) is 4.79 Å². The molecule has 0 saturated heterocycles. The van der Waals surface area contributed by atoms with Crippen LogP contribution in [0.5, 0.6) is 0 Å². The molecule has 0 aliphatic heterocycles. The van der Waals surface area contributed by atoms with E-state index in [-0.39, 0.29) is 12.1 Å². The average molecular weight is 331 g/mol. The molecule has 0 aliphatic carbocycles. The first kappa shape index (κ1) is 17.8. The lowest BCUT2D eigenvalue weighted by molar-refractivity contribution is 0.171. The first-order chi connectivity index (χ1) is 11.6. The van der Waals surface area contributed by atoms with Crippen molar-refractivity contribution in [3.05, 3.63) is 42.1 Å². The summed E-state index contributed by atoms with van der Waals surface area (Å²) in [6, 6.07) is 11.4. The fraction of sp³-hybridized carbons (Fsp3) is 0.412. The van der Waals surface area contributed by atoms with Crippen LogP contribution in [0.1, 0.15) is 19.0 Å². The summed E-state index contributed by atoms with van der Waals surface area (Å²) in [6.45, 7) is 2.95. The summed E-state index contributed by atoms with van der Waals surface area (Å²) in [5.74, 6) is 0.607. The number of nitrogens with zero attached hydrogens (tertiary/aromatic N) is 2. The van der Waals surface area contributed by atoms with Gasteiger partial charge in [-0.1, -0.05) is 18.2 Å². The largest absolute Gasteiger partial charge is 0.384 e. The van der Waals surface area contributed by atoms with Crippen LogP contribution in [-0.4, -0.2) is 42.1 Å². The Hall–Kier alpha value is -2.54. The van der Waals surface area contributed by atoms with Crippen molar-refractivity contribution in [2.24, 2.45) is 0 Å². The van der Waals surface area contributed by atoms with Gasteiger partial charge < -0.3 is 21.1 Å². The molecule has 0 unspecified atom stereocenters. The molecule has 0 fully saturated rings. The van der Waals surface area contributed by atoms with E-state index in [4.69, 9.17) is 10.5 Å². The smallest absolute Gasteiger partial charge is 0.315 e. The number of nitrogens with one attached hydrogen (secondary N) is 2. The predicted octanol–water partition coefficient (Wildman–Crippen LogP) is 1.72. The molecule has 130 valence electrons. The second-order valence-electron chi connectivity index (χ2n) is 5.67. The average Bonchev–Trinajstić information content (AvgIpc) is 2.93. The number of benzene rings is 1. The fourth-order valence-electron chi connectivity index (χ4n) is 2.38. The van der Waals surface area contributed by atoms with Crippen LogP contribution in [0, 0.1) is 0 Å². The summed E-state index contributed by atoms with van der Waals surface area (Å²) in [7, 11) is 1.61. The Morgan fingerprint density at radius 1 is 1.38 bits per heavy atom. The van der Waals surface area contributed by atoms with Gasteiger partial charge in [0.2, 0.25) is 0 Å². The first-order valence-corrected chi connectivity index (χ1v) is 8.03. The number of para-hydroxylation sites is 1. The number of methoxy groups -OCH3 is 1. The predicted molar refractivity (Wildman–Crippen MR) is 94.2 cm³/mol. The van der Waals surface area contributed by atoms with Crippen molar-refractivity contribution < 1.29 is 9.53 Å². The van der Waals surface area contributed by atoms with Crippen LogP contribution in [-0.2, 0) is 11.2 Å². The highest BCUT2D eigenvalue weighted by Crippen LogP contribution is 2.14. The van der Waals surface area contributed by atoms with Gasteiger partial charge >= 0.3 is 6.03 Å². The molecule has 0 saturated carbocycles. The Kier molecular flexibility index (Phi) is 6.62. The number of aromatic nitrogens is 2. The number of hydrogen-bond acceptors (Lipinski definition) is 4. The number of amides is 2. The maximum atomic E-state index is 11.7. The number of nitrogens with two attached hydrogens (primary N) is 1. The van der Waals surface area contributed by atoms with Crippen molar-refractivity contribution in [1.82, 2.24) is 20.4 Å². The third kappa shape index (κ3) is 5.27. The summed E-state index contributed by atoms with van der Waals surface area (Å²) in [6.07, 6.45) is 1.54. The fourth-order valence-corrected chi connectivity index (χ4v) is 2.38. The molecule has 7 nitrogen and oxygen atoms in total. The molecule has 2 aromatic rings. The van der Waals surface area contributed by atoms with E-state index in [1.807, 2.05) is 43.3 Å². The third-order valence-corrected chi connectivity index (χ3v) is 3.48. The lowest BCUT2D eigenvalue weighted by atomic mass is 10.2. The summed E-state index contributed by atoms with van der Waals surface area (Å²) >= 11 is 0. The van der Waals surface area contributed by atoms with E-state index in [0.29, 0.717) is 19.0 Å². The summed E-state index contributed by atoms with van der Waals surface area (Å²) < 4.78 is 6.70. The highest BCUT2D eigenvalue weighted by Gasteiger charge is 2.08. The monoisotopic (exact) mass is 331 g/mol. The molecule has 1 atom stereocenters. The molecular weight excluding hydrogens is 306 g/mol. The Balaban J connectivity index is 1.76. The first-order valence-electron chi connectivity index (χ1n) is 8.03. The molecule has 1 aromatic carbocycles. The van der Waals surface area contributed by atoms with Crippen molar-refractivity contribution in [3.63, 3.8) is 0 Å². The Labute approximate surface area is 142 Å². The highest BCUT2D eigenvalue weighted by molar-refractivity contribution is 5.74. The SMILES string of the molecule is COC[C@@H](C)NC(=O)NCCCc1cc(N)n(-c2ccccc2)n1. The van der Waals surface area contributed by atoms with Gasteiger partial charge in [0.05, 0.1) is 24.0 Å². The minimum absolute atomic E-state index is 0.0173. The zero-order chi connectivity index (χ0) is 17.4. The second-order valence-corrected chi connectivity index (χ2v) is 5.67. The van der Waals surface area contributed by atoms with Crippen LogP contribution in [0.2, 0.25) is 0 Å². The Morgan fingerprint density at radius 2 is 2.12 bits per heavy atom. The van der Waals surface area contributed by atoms with Gasteiger partial charge in [0.1, 0.15) is 5.82 Å². The van der Waals surface area contributed by atoms with Crippen LogP contribution in [0.15, 0.2) is 36.4 Å². The van der Waals surface area contributed by atoms with Crippen molar-refractivity contribution in [2.75, 3.05) is 26.0 Å². The number of ether oxygens (including phenoxy) is 1. The molecule has 0 aliphatic rings. The zero-order valence-corrected chi connectivity index (χ0v) is 14.2. The summed E-state index contributed by atoms with van der Waals surface area (Å²) in [5, 5.41) is 10.1. The Bertz CT molecular complexity index is 642. The molecule has 1 heterocycles. The van der Waals surface area contributed by atoms with E-state index in [1.54, 1.807) is 11.8 Å². The molecule has 0 bridgehead atoms. The molecule has 0 spiro atoms. The van der Waals surface area contributed by atoms with E-state index < -0.39 is 0 Å². The van der Waals surface area contributed by atoms with Gasteiger partial charge in [-0.2, -0.15) is 5.10 Å². The van der Waals surface area contributed by atoms with Gasteiger partial charge in [-0.25, -0.2) is 9.48 Å². The van der Waals surface area contributed by atoms with Gasteiger partial charge in [-0.3, -0.25) is 0 Å². The van der Waals surface area contributed by atoms with Gasteiger partial charge in [0.15, 0.2) is 0 Å². The van der Waals surface area contributed by atoms with Gasteiger partial charge in [-0.15, -0.1) is 0 Å². The topological polar surface area (TPSA) is 94.2 Å². The van der Waals surface area contributed by atoms with Gasteiger partial charge in [-0.05, 0) is 31.9 Å². The number of anilines is 1. The molecule has 2 rings (SSSR count). The lowest BCUT2D eigenvalue weighted by Crippen LogP contribution is -2.42. The van der Waals surface area contributed by atoms with Crippen molar-refractivity contribution >= 4 is 11.8 Å². The molecule has 24 heavy (non-hydrogen) atoms. The number of carbonyl (C=O) groups excluding carboxylic acids is 1. The number of nitrogen functional groups attached to an aromatic ring is 1. The van der Waals surface area contributed by atoms with Crippen LogP contribution in [0.4, 0.5) is 10.6 Å². The van der Waals surface area contributed by atoms with Gasteiger partial charge in [0, 0.05) is 19.7 Å². The number of aryl methyl sites for hydroxylation is 1. The van der Waals surface area contributed by atoms with Crippen LogP contribution >= 0.6 is 0 Å². The molecule has 2 amide bonds. The van der Waals surface area contributed by atoms with Crippen molar-refractivity contribution in [2.45, 2.75) is 25.8 Å². The highest BCUT2D eigenvalue weighted by atomic mass is 16.5.